The van der Waals surface area contributed by atoms with Crippen molar-refractivity contribution >= 4 is 18.1 Å². The van der Waals surface area contributed by atoms with Crippen LogP contribution in [0.4, 0.5) is 5.69 Å². The molecule has 2 rings (SSSR count). The molecule has 0 fully saturated rings. The van der Waals surface area contributed by atoms with Crippen LogP contribution in [0.25, 0.3) is 0 Å². The Morgan fingerprint density at radius 3 is 1.54 bits per heavy atom. The molecule has 2 aromatic rings. The molecule has 0 bridgehead atoms. The Morgan fingerprint density at radius 1 is 0.923 bits per heavy atom. The van der Waals surface area contributed by atoms with E-state index in [2.05, 4.69) is 16.8 Å². The van der Waals surface area contributed by atoms with Crippen LogP contribution in [0.1, 0.15) is 0 Å². The summed E-state index contributed by atoms with van der Waals surface area (Å²) in [6.45, 7) is 0. The van der Waals surface area contributed by atoms with E-state index in [1.165, 1.54) is 0 Å². The molecule has 13 heavy (non-hydrogen) atoms. The molecular weight excluding hydrogens is 222 g/mol. The first-order valence-electron chi connectivity index (χ1n) is 3.65. The average molecular weight is 231 g/mol. The Balaban J connectivity index is 0.000000215. The van der Waals surface area contributed by atoms with Gasteiger partial charge in [0.05, 0.1) is 0 Å². The zero-order valence-electron chi connectivity index (χ0n) is 6.91. The van der Waals surface area contributed by atoms with Crippen LogP contribution in [-0.4, -0.2) is 0 Å². The molecule has 0 radical (unpaired) electrons. The van der Waals surface area contributed by atoms with Gasteiger partial charge in [-0.05, 0) is 5.69 Å². The SMILES string of the molecule is S=N[c-]1cccc1.[Fe].[cH-]1[cH-][cH-][cH-][cH-]1. The van der Waals surface area contributed by atoms with Crippen molar-refractivity contribution in [2.45, 2.75) is 0 Å². The van der Waals surface area contributed by atoms with Crippen molar-refractivity contribution in [1.82, 2.24) is 0 Å². The van der Waals surface area contributed by atoms with Crippen LogP contribution in [0.2, 0.25) is 0 Å². The minimum atomic E-state index is 0. The second kappa shape index (κ2) is 7.87. The summed E-state index contributed by atoms with van der Waals surface area (Å²) in [6.07, 6.45) is 0. The van der Waals surface area contributed by atoms with Crippen LogP contribution >= 0.6 is 0 Å². The molecule has 0 N–H and O–H groups in total. The first kappa shape index (κ1) is 12.2. The van der Waals surface area contributed by atoms with Gasteiger partial charge in [0.2, 0.25) is 0 Å². The zero-order chi connectivity index (χ0) is 8.65. The van der Waals surface area contributed by atoms with Crippen molar-refractivity contribution in [1.29, 1.82) is 0 Å². The fourth-order valence-corrected chi connectivity index (χ4v) is 0.867. The van der Waals surface area contributed by atoms with Crippen molar-refractivity contribution in [3.8, 4) is 0 Å². The van der Waals surface area contributed by atoms with Crippen LogP contribution in [0.15, 0.2) is 59.0 Å². The summed E-state index contributed by atoms with van der Waals surface area (Å²) in [4.78, 5) is 0. The van der Waals surface area contributed by atoms with Gasteiger partial charge in [-0.1, -0.05) is 0 Å². The molecule has 2 aromatic carbocycles. The maximum atomic E-state index is 4.40. The van der Waals surface area contributed by atoms with Crippen molar-refractivity contribution in [3.05, 3.63) is 54.6 Å². The average Bonchev–Trinajstić information content (AvgIpc) is 2.81. The maximum absolute atomic E-state index is 4.40. The van der Waals surface area contributed by atoms with Gasteiger partial charge in [0, 0.05) is 29.5 Å². The quantitative estimate of drug-likeness (QED) is 0.542. The van der Waals surface area contributed by atoms with Gasteiger partial charge in [0.15, 0.2) is 0 Å². The molecule has 0 unspecified atom stereocenters. The normalized spacial score (nSPS) is 7.69. The summed E-state index contributed by atoms with van der Waals surface area (Å²) in [5.41, 5.74) is 0.870. The first-order valence-corrected chi connectivity index (χ1v) is 4.02. The van der Waals surface area contributed by atoms with Crippen LogP contribution in [0.5, 0.6) is 0 Å². The van der Waals surface area contributed by atoms with Gasteiger partial charge in [-0.15, -0.1) is 0 Å². The molecule has 3 heteroatoms. The zero-order valence-corrected chi connectivity index (χ0v) is 8.83. The van der Waals surface area contributed by atoms with Gasteiger partial charge in [-0.25, -0.2) is 16.5 Å². The van der Waals surface area contributed by atoms with E-state index < -0.39 is 0 Å². The van der Waals surface area contributed by atoms with Gasteiger partial charge >= 0.3 is 0 Å². The third-order valence-electron chi connectivity index (χ3n) is 1.31. The van der Waals surface area contributed by atoms with E-state index in [4.69, 9.17) is 0 Å². The van der Waals surface area contributed by atoms with E-state index >= 15 is 0 Å². The Kier molecular flexibility index (Phi) is 7.41. The van der Waals surface area contributed by atoms with E-state index in [-0.39, 0.29) is 17.1 Å². The van der Waals surface area contributed by atoms with Gasteiger partial charge < -0.3 is 30.3 Å². The Labute approximate surface area is 94.2 Å². The minimum Gasteiger partial charge on any atom is -0.748 e. The minimum absolute atomic E-state index is 0. The Morgan fingerprint density at radius 2 is 1.31 bits per heavy atom. The van der Waals surface area contributed by atoms with Crippen LogP contribution in [0, 0.1) is 0 Å². The largest absolute Gasteiger partial charge is 0.748 e. The third kappa shape index (κ3) is 5.47. The Hall–Kier alpha value is -0.761. The van der Waals surface area contributed by atoms with Gasteiger partial charge in [0.1, 0.15) is 0 Å². The van der Waals surface area contributed by atoms with Crippen LogP contribution in [-0.2, 0) is 29.5 Å². The molecule has 0 aliphatic carbocycles. The first-order chi connectivity index (χ1) is 5.93. The van der Waals surface area contributed by atoms with Crippen molar-refractivity contribution in [3.63, 3.8) is 0 Å². The molecule has 0 heterocycles. The number of hydrogen-bond acceptors (Lipinski definition) is 2. The number of rotatable bonds is 1. The van der Waals surface area contributed by atoms with E-state index in [9.17, 15) is 0 Å². The second-order valence-corrected chi connectivity index (χ2v) is 2.38. The summed E-state index contributed by atoms with van der Waals surface area (Å²) >= 11 is 4.40. The molecule has 0 saturated heterocycles. The summed E-state index contributed by atoms with van der Waals surface area (Å²) in [6, 6.07) is 17.6. The van der Waals surface area contributed by atoms with E-state index in [0.29, 0.717) is 0 Å². The van der Waals surface area contributed by atoms with E-state index in [1.807, 2.05) is 54.6 Å². The summed E-state index contributed by atoms with van der Waals surface area (Å²) in [5.74, 6) is 0. The number of nitrogens with zero attached hydrogens (tertiary/aromatic N) is 1. The second-order valence-electron chi connectivity index (χ2n) is 2.20. The molecule has 1 nitrogen and oxygen atoms in total. The molecule has 0 saturated carbocycles. The molecular formula is C10H9FeNS-6. The predicted octanol–water partition coefficient (Wildman–Crippen LogP) is 3.17. The molecule has 0 atom stereocenters. The van der Waals surface area contributed by atoms with E-state index in [1.54, 1.807) is 0 Å². The van der Waals surface area contributed by atoms with Crippen LogP contribution < -0.4 is 0 Å². The van der Waals surface area contributed by atoms with Gasteiger partial charge in [0.25, 0.3) is 0 Å². The maximum Gasteiger partial charge on any atom is 0.0270 e. The molecule has 0 amide bonds. The molecule has 0 spiro atoms. The fraction of sp³-hybridized carbons (Fsp3) is 0. The summed E-state index contributed by atoms with van der Waals surface area (Å²) in [7, 11) is 0. The topological polar surface area (TPSA) is 12.4 Å². The molecule has 0 aliphatic rings. The smallest absolute Gasteiger partial charge is 0.0270 e. The third-order valence-corrected chi connectivity index (χ3v) is 1.52. The number of hydrogen-bond donors (Lipinski definition) is 0. The molecule has 0 aliphatic heterocycles. The van der Waals surface area contributed by atoms with Crippen molar-refractivity contribution in [2.75, 3.05) is 0 Å². The Bertz CT molecular complexity index is 269. The van der Waals surface area contributed by atoms with Crippen LogP contribution in [0.3, 0.4) is 0 Å². The summed E-state index contributed by atoms with van der Waals surface area (Å²) < 4.78 is 3.51. The van der Waals surface area contributed by atoms with Crippen molar-refractivity contribution in [2.24, 2.45) is 4.36 Å². The fourth-order valence-electron chi connectivity index (χ4n) is 0.745. The standard InChI is InChI=1S/C5H4NS.C5H5.Fe/c7-6-5-3-1-2-4-5;1-2-4-5-3-1;/h1-4H;1-5H;/q-1;-5;. The van der Waals surface area contributed by atoms with Crippen molar-refractivity contribution < 1.29 is 17.1 Å². The van der Waals surface area contributed by atoms with Gasteiger partial charge in [-0.3, -0.25) is 0 Å². The molecule has 74 valence electrons. The molecule has 0 aromatic heterocycles. The summed E-state index contributed by atoms with van der Waals surface area (Å²) in [5, 5.41) is 0. The monoisotopic (exact) mass is 231 g/mol. The predicted molar refractivity (Wildman–Crippen MR) is 53.5 cm³/mol. The van der Waals surface area contributed by atoms with E-state index in [0.717, 1.165) is 5.69 Å². The van der Waals surface area contributed by atoms with Gasteiger partial charge in [-0.2, -0.15) is 12.1 Å².